The summed E-state index contributed by atoms with van der Waals surface area (Å²) in [6, 6.07) is 10.1. The van der Waals surface area contributed by atoms with Gasteiger partial charge in [0.25, 0.3) is 0 Å². The summed E-state index contributed by atoms with van der Waals surface area (Å²) in [6.45, 7) is 4.58. The zero-order valence-corrected chi connectivity index (χ0v) is 16.5. The van der Waals surface area contributed by atoms with Crippen LogP contribution in [0.5, 0.6) is 11.5 Å². The molecule has 1 heterocycles. The Hall–Kier alpha value is -3.22. The summed E-state index contributed by atoms with van der Waals surface area (Å²) in [7, 11) is 3.07. The van der Waals surface area contributed by atoms with Crippen LogP contribution in [0.2, 0.25) is 0 Å². The molecule has 1 saturated heterocycles. The van der Waals surface area contributed by atoms with E-state index in [0.29, 0.717) is 30.2 Å². The molecule has 0 unspecified atom stereocenters. The second-order valence-electron chi connectivity index (χ2n) is 6.85. The standard InChI is InChI=1S/C21H25N3O4/c1-13-9-14(2)11-16(10-13)24-8-7-17(20(24)25)23-21(26)22-15-5-6-18(27-3)19(12-15)28-4/h5-6,9-12,17H,7-8H2,1-4H3,(H2,22,23,26)/t17-/m0/s1. The third-order valence-electron chi connectivity index (χ3n) is 4.67. The highest BCUT2D eigenvalue weighted by Gasteiger charge is 2.33. The lowest BCUT2D eigenvalue weighted by molar-refractivity contribution is -0.118. The minimum absolute atomic E-state index is 0.104. The van der Waals surface area contributed by atoms with Gasteiger partial charge in [-0.05, 0) is 55.7 Å². The summed E-state index contributed by atoms with van der Waals surface area (Å²) in [6.07, 6.45) is 0.561. The molecule has 1 atom stereocenters. The zero-order chi connectivity index (χ0) is 20.3. The maximum absolute atomic E-state index is 12.7. The van der Waals surface area contributed by atoms with Crippen molar-refractivity contribution in [3.8, 4) is 11.5 Å². The van der Waals surface area contributed by atoms with E-state index >= 15 is 0 Å². The molecule has 28 heavy (non-hydrogen) atoms. The van der Waals surface area contributed by atoms with Crippen LogP contribution in [0.1, 0.15) is 17.5 Å². The Bertz CT molecular complexity index is 877. The third-order valence-corrected chi connectivity index (χ3v) is 4.67. The lowest BCUT2D eigenvalue weighted by Crippen LogP contribution is -2.43. The highest BCUT2D eigenvalue weighted by atomic mass is 16.5. The van der Waals surface area contributed by atoms with E-state index < -0.39 is 12.1 Å². The van der Waals surface area contributed by atoms with E-state index in [1.54, 1.807) is 30.2 Å². The van der Waals surface area contributed by atoms with E-state index in [1.165, 1.54) is 7.11 Å². The minimum atomic E-state index is -0.555. The number of nitrogens with zero attached hydrogens (tertiary/aromatic N) is 1. The van der Waals surface area contributed by atoms with Gasteiger partial charge < -0.3 is 25.0 Å². The van der Waals surface area contributed by atoms with Crippen LogP contribution < -0.4 is 25.0 Å². The predicted molar refractivity (Wildman–Crippen MR) is 108 cm³/mol. The molecule has 0 saturated carbocycles. The summed E-state index contributed by atoms with van der Waals surface area (Å²) in [4.78, 5) is 26.8. The molecular formula is C21H25N3O4. The quantitative estimate of drug-likeness (QED) is 0.831. The SMILES string of the molecule is COc1ccc(NC(=O)N[C@H]2CCN(c3cc(C)cc(C)c3)C2=O)cc1OC. The minimum Gasteiger partial charge on any atom is -0.493 e. The molecule has 148 valence electrons. The molecule has 1 fully saturated rings. The number of aryl methyl sites for hydroxylation is 2. The van der Waals surface area contributed by atoms with Gasteiger partial charge >= 0.3 is 6.03 Å². The molecule has 0 spiro atoms. The number of benzene rings is 2. The van der Waals surface area contributed by atoms with Crippen LogP contribution in [-0.4, -0.2) is 38.7 Å². The van der Waals surface area contributed by atoms with E-state index in [0.717, 1.165) is 16.8 Å². The zero-order valence-electron chi connectivity index (χ0n) is 16.5. The maximum Gasteiger partial charge on any atom is 0.319 e. The average Bonchev–Trinajstić information content (AvgIpc) is 3.01. The Kier molecular flexibility index (Phi) is 5.73. The van der Waals surface area contributed by atoms with Crippen LogP contribution in [0.3, 0.4) is 0 Å². The first kappa shape index (κ1) is 19.5. The molecule has 1 aliphatic rings. The number of amides is 3. The molecule has 0 bridgehead atoms. The Morgan fingerprint density at radius 1 is 1.04 bits per heavy atom. The van der Waals surface area contributed by atoms with Crippen LogP contribution in [0.4, 0.5) is 16.2 Å². The van der Waals surface area contributed by atoms with E-state index in [2.05, 4.69) is 16.7 Å². The van der Waals surface area contributed by atoms with Crippen molar-refractivity contribution < 1.29 is 19.1 Å². The van der Waals surface area contributed by atoms with Gasteiger partial charge in [0.05, 0.1) is 14.2 Å². The molecule has 1 aliphatic heterocycles. The highest BCUT2D eigenvalue weighted by molar-refractivity contribution is 6.02. The van der Waals surface area contributed by atoms with Gasteiger partial charge in [0.2, 0.25) is 5.91 Å². The first-order chi connectivity index (χ1) is 13.4. The van der Waals surface area contributed by atoms with Crippen molar-refractivity contribution in [2.24, 2.45) is 0 Å². The van der Waals surface area contributed by atoms with Crippen LogP contribution >= 0.6 is 0 Å². The largest absolute Gasteiger partial charge is 0.493 e. The van der Waals surface area contributed by atoms with Crippen molar-refractivity contribution >= 4 is 23.3 Å². The topological polar surface area (TPSA) is 79.9 Å². The molecule has 0 radical (unpaired) electrons. The van der Waals surface area contributed by atoms with Gasteiger partial charge in [0, 0.05) is 24.0 Å². The van der Waals surface area contributed by atoms with E-state index in [1.807, 2.05) is 26.0 Å². The van der Waals surface area contributed by atoms with Crippen molar-refractivity contribution in [2.45, 2.75) is 26.3 Å². The van der Waals surface area contributed by atoms with Crippen molar-refractivity contribution in [1.29, 1.82) is 0 Å². The van der Waals surface area contributed by atoms with Crippen molar-refractivity contribution in [3.05, 3.63) is 47.5 Å². The lowest BCUT2D eigenvalue weighted by Gasteiger charge is -2.19. The fourth-order valence-corrected chi connectivity index (χ4v) is 3.42. The predicted octanol–water partition coefficient (Wildman–Crippen LogP) is 3.25. The Balaban J connectivity index is 1.64. The number of methoxy groups -OCH3 is 2. The van der Waals surface area contributed by atoms with Gasteiger partial charge in [-0.2, -0.15) is 0 Å². The lowest BCUT2D eigenvalue weighted by atomic mass is 10.1. The molecule has 2 N–H and O–H groups in total. The number of hydrogen-bond acceptors (Lipinski definition) is 4. The first-order valence-corrected chi connectivity index (χ1v) is 9.10. The molecular weight excluding hydrogens is 358 g/mol. The number of carbonyl (C=O) groups is 2. The van der Waals surface area contributed by atoms with E-state index in [4.69, 9.17) is 9.47 Å². The number of nitrogens with one attached hydrogen (secondary N) is 2. The summed E-state index contributed by atoms with van der Waals surface area (Å²) in [5.41, 5.74) is 3.62. The van der Waals surface area contributed by atoms with Crippen molar-refractivity contribution in [2.75, 3.05) is 31.0 Å². The number of ether oxygens (including phenoxy) is 2. The normalized spacial score (nSPS) is 16.1. The van der Waals surface area contributed by atoms with Crippen LogP contribution in [0.15, 0.2) is 36.4 Å². The molecule has 3 rings (SSSR count). The summed E-state index contributed by atoms with van der Waals surface area (Å²) in [5.74, 6) is 0.981. The molecule has 3 amide bonds. The Morgan fingerprint density at radius 3 is 2.36 bits per heavy atom. The molecule has 7 heteroatoms. The monoisotopic (exact) mass is 383 g/mol. The van der Waals surface area contributed by atoms with E-state index in [9.17, 15) is 9.59 Å². The van der Waals surface area contributed by atoms with Crippen molar-refractivity contribution in [1.82, 2.24) is 5.32 Å². The number of urea groups is 1. The molecule has 0 aromatic heterocycles. The fraction of sp³-hybridized carbons (Fsp3) is 0.333. The number of rotatable bonds is 5. The summed E-state index contributed by atoms with van der Waals surface area (Å²) >= 11 is 0. The molecule has 2 aromatic carbocycles. The van der Waals surface area contributed by atoms with Gasteiger partial charge in [0.1, 0.15) is 6.04 Å². The number of anilines is 2. The van der Waals surface area contributed by atoms with E-state index in [-0.39, 0.29) is 5.91 Å². The van der Waals surface area contributed by atoms with Gasteiger partial charge in [-0.1, -0.05) is 6.07 Å². The van der Waals surface area contributed by atoms with Gasteiger partial charge in [-0.3, -0.25) is 4.79 Å². The van der Waals surface area contributed by atoms with Crippen molar-refractivity contribution in [3.63, 3.8) is 0 Å². The molecule has 0 aliphatic carbocycles. The smallest absolute Gasteiger partial charge is 0.319 e. The van der Waals surface area contributed by atoms with Gasteiger partial charge in [-0.25, -0.2) is 4.79 Å². The maximum atomic E-state index is 12.7. The molecule has 7 nitrogen and oxygen atoms in total. The van der Waals surface area contributed by atoms with Gasteiger partial charge in [0.15, 0.2) is 11.5 Å². The van der Waals surface area contributed by atoms with Crippen LogP contribution in [0, 0.1) is 13.8 Å². The fourth-order valence-electron chi connectivity index (χ4n) is 3.42. The molecule has 2 aromatic rings. The second kappa shape index (κ2) is 8.21. The van der Waals surface area contributed by atoms with Gasteiger partial charge in [-0.15, -0.1) is 0 Å². The first-order valence-electron chi connectivity index (χ1n) is 9.10. The summed E-state index contributed by atoms with van der Waals surface area (Å²) < 4.78 is 10.4. The number of hydrogen-bond donors (Lipinski definition) is 2. The summed E-state index contributed by atoms with van der Waals surface area (Å²) in [5, 5.41) is 5.49. The Morgan fingerprint density at radius 2 is 1.71 bits per heavy atom. The second-order valence-corrected chi connectivity index (χ2v) is 6.85. The van der Waals surface area contributed by atoms with Crippen LogP contribution in [0.25, 0.3) is 0 Å². The van der Waals surface area contributed by atoms with Crippen LogP contribution in [-0.2, 0) is 4.79 Å². The third kappa shape index (κ3) is 4.19. The average molecular weight is 383 g/mol. The Labute approximate surface area is 164 Å². The number of carbonyl (C=O) groups excluding carboxylic acids is 2. The highest BCUT2D eigenvalue weighted by Crippen LogP contribution is 2.30.